The number of Topliss-reactive ketones (excluding diaryl/α,β-unsaturated/α-hetero) is 1. The van der Waals surface area contributed by atoms with Gasteiger partial charge in [0.25, 0.3) is 0 Å². The Morgan fingerprint density at radius 2 is 1.83 bits per heavy atom. The van der Waals surface area contributed by atoms with Crippen LogP contribution >= 0.6 is 12.6 Å². The number of benzene rings is 1. The number of nitrogens with zero attached hydrogens (tertiary/aromatic N) is 1. The van der Waals surface area contributed by atoms with Crippen molar-refractivity contribution in [1.29, 1.82) is 0 Å². The van der Waals surface area contributed by atoms with Crippen molar-refractivity contribution >= 4 is 30.2 Å². The smallest absolute Gasteiger partial charge is 0.237 e. The van der Waals surface area contributed by atoms with E-state index in [2.05, 4.69) is 24.9 Å². The summed E-state index contributed by atoms with van der Waals surface area (Å²) >= 11 is 3.94. The normalized spacial score (nSPS) is 14.4. The van der Waals surface area contributed by atoms with Crippen LogP contribution in [-0.4, -0.2) is 47.4 Å². The predicted octanol–water partition coefficient (Wildman–Crippen LogP) is 2.74. The zero-order valence-corrected chi connectivity index (χ0v) is 19.1. The number of thiol groups is 1. The molecule has 1 heterocycles. The molecule has 0 spiro atoms. The Balaban J connectivity index is 0.000000563. The molecule has 1 aliphatic rings. The Morgan fingerprint density at radius 1 is 1.21 bits per heavy atom. The van der Waals surface area contributed by atoms with Gasteiger partial charge in [-0.05, 0) is 30.2 Å². The van der Waals surface area contributed by atoms with Crippen molar-refractivity contribution in [2.24, 2.45) is 5.73 Å². The first kappa shape index (κ1) is 27.1. The molecule has 1 aliphatic heterocycles. The summed E-state index contributed by atoms with van der Waals surface area (Å²) in [7, 11) is 0. The molecule has 2 amide bonds. The third-order valence-corrected chi connectivity index (χ3v) is 4.63. The standard InChI is InChI=1S/C13H16N2O2.C7H15NOS.C2H6/c1-9(16)12-6-10-4-2-3-5-11(10)8-15(12)13(17)7-14;1-2-3-5-8-7(9)4-6-10;1-2/h2-5,12H,6-8,14H2,1H3;10H,2-6H2,1H3,(H,8,9);1-2H3. The Morgan fingerprint density at radius 3 is 2.34 bits per heavy atom. The molecule has 3 N–H and O–H groups in total. The van der Waals surface area contributed by atoms with Gasteiger partial charge in [0, 0.05) is 25.9 Å². The minimum absolute atomic E-state index is 0.0151. The molecule has 1 atom stereocenters. The topological polar surface area (TPSA) is 92.5 Å². The number of amides is 2. The lowest BCUT2D eigenvalue weighted by molar-refractivity contribution is -0.139. The number of nitrogens with one attached hydrogen (secondary N) is 1. The van der Waals surface area contributed by atoms with E-state index in [0.717, 1.165) is 30.5 Å². The van der Waals surface area contributed by atoms with Crippen molar-refractivity contribution in [2.75, 3.05) is 18.8 Å². The second kappa shape index (κ2) is 16.0. The molecular formula is C22H37N3O3S. The molecule has 0 fully saturated rings. The molecule has 0 aromatic heterocycles. The molecular weight excluding hydrogens is 386 g/mol. The van der Waals surface area contributed by atoms with E-state index in [-0.39, 0.29) is 30.2 Å². The first-order valence-electron chi connectivity index (χ1n) is 10.4. The van der Waals surface area contributed by atoms with E-state index in [9.17, 15) is 14.4 Å². The van der Waals surface area contributed by atoms with Gasteiger partial charge >= 0.3 is 0 Å². The van der Waals surface area contributed by atoms with E-state index in [1.807, 2.05) is 38.1 Å². The second-order valence-corrected chi connectivity index (χ2v) is 6.95. The molecule has 0 aliphatic carbocycles. The lowest BCUT2D eigenvalue weighted by Gasteiger charge is -2.35. The minimum Gasteiger partial charge on any atom is -0.356 e. The Bertz CT molecular complexity index is 637. The molecule has 0 radical (unpaired) electrons. The maximum absolute atomic E-state index is 11.7. The van der Waals surface area contributed by atoms with Crippen molar-refractivity contribution in [3.63, 3.8) is 0 Å². The highest BCUT2D eigenvalue weighted by Crippen LogP contribution is 2.23. The summed E-state index contributed by atoms with van der Waals surface area (Å²) in [6.45, 7) is 8.87. The fourth-order valence-electron chi connectivity index (χ4n) is 2.86. The average Bonchev–Trinajstić information content (AvgIpc) is 2.74. The molecule has 2 rings (SSSR count). The van der Waals surface area contributed by atoms with Gasteiger partial charge in [-0.3, -0.25) is 14.4 Å². The van der Waals surface area contributed by atoms with Crippen LogP contribution in [0.3, 0.4) is 0 Å². The number of rotatable bonds is 7. The Hall–Kier alpha value is -1.86. The fourth-order valence-corrected chi connectivity index (χ4v) is 3.06. The van der Waals surface area contributed by atoms with Crippen LogP contribution in [-0.2, 0) is 27.3 Å². The third kappa shape index (κ3) is 9.94. The fraction of sp³-hybridized carbons (Fsp3) is 0.591. The van der Waals surface area contributed by atoms with Gasteiger partial charge in [0.05, 0.1) is 12.6 Å². The number of carbonyl (C=O) groups excluding carboxylic acids is 3. The van der Waals surface area contributed by atoms with Crippen molar-refractivity contribution < 1.29 is 14.4 Å². The lowest BCUT2D eigenvalue weighted by Crippen LogP contribution is -2.49. The monoisotopic (exact) mass is 423 g/mol. The van der Waals surface area contributed by atoms with Crippen molar-refractivity contribution in [3.05, 3.63) is 35.4 Å². The van der Waals surface area contributed by atoms with Gasteiger partial charge in [0.2, 0.25) is 11.8 Å². The van der Waals surface area contributed by atoms with E-state index >= 15 is 0 Å². The molecule has 0 saturated carbocycles. The van der Waals surface area contributed by atoms with Gasteiger partial charge in [0.15, 0.2) is 5.78 Å². The summed E-state index contributed by atoms with van der Waals surface area (Å²) in [4.78, 5) is 35.7. The molecule has 7 heteroatoms. The van der Waals surface area contributed by atoms with Crippen LogP contribution in [0, 0.1) is 0 Å². The van der Waals surface area contributed by atoms with Gasteiger partial charge < -0.3 is 16.0 Å². The quantitative estimate of drug-likeness (QED) is 0.464. The number of ketones is 1. The lowest BCUT2D eigenvalue weighted by atomic mass is 9.92. The summed E-state index contributed by atoms with van der Waals surface area (Å²) in [6, 6.07) is 7.54. The summed E-state index contributed by atoms with van der Waals surface area (Å²) in [5, 5.41) is 2.80. The molecule has 29 heavy (non-hydrogen) atoms. The number of fused-ring (bicyclic) bond motifs is 1. The summed E-state index contributed by atoms with van der Waals surface area (Å²) in [5.74, 6) is 0.599. The van der Waals surface area contributed by atoms with Crippen LogP contribution in [0.2, 0.25) is 0 Å². The van der Waals surface area contributed by atoms with E-state index < -0.39 is 0 Å². The van der Waals surface area contributed by atoms with Crippen molar-refractivity contribution in [3.8, 4) is 0 Å². The Labute approximate surface area is 181 Å². The van der Waals surface area contributed by atoms with Crippen LogP contribution in [0.5, 0.6) is 0 Å². The number of hydrogen-bond acceptors (Lipinski definition) is 5. The van der Waals surface area contributed by atoms with E-state index in [1.54, 1.807) is 4.90 Å². The summed E-state index contributed by atoms with van der Waals surface area (Å²) < 4.78 is 0. The van der Waals surface area contributed by atoms with E-state index in [4.69, 9.17) is 5.73 Å². The second-order valence-electron chi connectivity index (χ2n) is 6.50. The SMILES string of the molecule is CC.CC(=O)C1Cc2ccccc2CN1C(=O)CN.CCCCNC(=O)CCS. The van der Waals surface area contributed by atoms with Crippen LogP contribution in [0.15, 0.2) is 24.3 Å². The largest absolute Gasteiger partial charge is 0.356 e. The van der Waals surface area contributed by atoms with Crippen molar-refractivity contribution in [2.45, 2.75) is 66.0 Å². The summed E-state index contributed by atoms with van der Waals surface area (Å²) in [6.07, 6.45) is 3.32. The first-order valence-corrected chi connectivity index (χ1v) is 11.0. The maximum atomic E-state index is 11.7. The van der Waals surface area contributed by atoms with E-state index in [0.29, 0.717) is 25.1 Å². The third-order valence-electron chi connectivity index (χ3n) is 4.40. The van der Waals surface area contributed by atoms with Crippen molar-refractivity contribution in [1.82, 2.24) is 10.2 Å². The van der Waals surface area contributed by atoms with Crippen LogP contribution in [0.4, 0.5) is 0 Å². The minimum atomic E-state index is -0.360. The first-order chi connectivity index (χ1) is 13.9. The highest BCUT2D eigenvalue weighted by molar-refractivity contribution is 7.80. The number of hydrogen-bond donors (Lipinski definition) is 3. The van der Waals surface area contributed by atoms with Crippen LogP contribution in [0.25, 0.3) is 0 Å². The number of unbranched alkanes of at least 4 members (excludes halogenated alkanes) is 1. The highest BCUT2D eigenvalue weighted by atomic mass is 32.1. The van der Waals surface area contributed by atoms with Gasteiger partial charge in [-0.25, -0.2) is 0 Å². The molecule has 1 aromatic carbocycles. The maximum Gasteiger partial charge on any atom is 0.237 e. The average molecular weight is 424 g/mol. The number of nitrogens with two attached hydrogens (primary N) is 1. The summed E-state index contributed by atoms with van der Waals surface area (Å²) in [5.41, 5.74) is 7.63. The molecule has 0 bridgehead atoms. The zero-order chi connectivity index (χ0) is 22.2. The molecule has 164 valence electrons. The van der Waals surface area contributed by atoms with E-state index in [1.165, 1.54) is 6.92 Å². The molecule has 0 saturated heterocycles. The Kier molecular flexibility index (Phi) is 15.0. The van der Waals surface area contributed by atoms with Gasteiger partial charge in [0.1, 0.15) is 0 Å². The van der Waals surface area contributed by atoms with Crippen LogP contribution < -0.4 is 11.1 Å². The predicted molar refractivity (Wildman–Crippen MR) is 122 cm³/mol. The number of carbonyl (C=O) groups is 3. The van der Waals surface area contributed by atoms with Crippen LogP contribution in [0.1, 0.15) is 58.1 Å². The van der Waals surface area contributed by atoms with Gasteiger partial charge in [-0.2, -0.15) is 12.6 Å². The molecule has 6 nitrogen and oxygen atoms in total. The van der Waals surface area contributed by atoms with Gasteiger partial charge in [-0.1, -0.05) is 51.5 Å². The molecule has 1 unspecified atom stereocenters. The zero-order valence-electron chi connectivity index (χ0n) is 18.2. The molecule has 1 aromatic rings. The van der Waals surface area contributed by atoms with Gasteiger partial charge in [-0.15, -0.1) is 0 Å². The highest BCUT2D eigenvalue weighted by Gasteiger charge is 2.31.